The van der Waals surface area contributed by atoms with Gasteiger partial charge in [-0.25, -0.2) is 0 Å². The third-order valence-corrected chi connectivity index (χ3v) is 34.5. The fourth-order valence-electron chi connectivity index (χ4n) is 24.8. The van der Waals surface area contributed by atoms with Gasteiger partial charge in [0, 0.05) is 60.5 Å². The first kappa shape index (κ1) is 83.0. The maximum atomic E-state index is 2.44. The molecule has 0 unspecified atom stereocenters. The van der Waals surface area contributed by atoms with Gasteiger partial charge in [0.1, 0.15) is 0 Å². The summed E-state index contributed by atoms with van der Waals surface area (Å²) in [7, 11) is 0. The van der Waals surface area contributed by atoms with Gasteiger partial charge < -0.3 is 0 Å². The molecule has 0 saturated carbocycles. The van der Waals surface area contributed by atoms with Gasteiger partial charge in [-0.05, 0) is 311 Å². The molecule has 0 N–H and O–H groups in total. The number of rotatable bonds is 7. The number of benzene rings is 29. The maximum absolute atomic E-state index is 2.44. The van der Waals surface area contributed by atoms with Crippen molar-refractivity contribution in [3.8, 4) is 77.9 Å². The van der Waals surface area contributed by atoms with Crippen LogP contribution in [0.2, 0.25) is 0 Å². The first-order valence-corrected chi connectivity index (χ1v) is 52.5. The lowest BCUT2D eigenvalue weighted by molar-refractivity contribution is 1.63. The first-order chi connectivity index (χ1) is 72.0. The van der Waals surface area contributed by atoms with Crippen molar-refractivity contribution in [2.45, 2.75) is 0 Å². The monoisotopic (exact) mass is 1880 g/mol. The fourth-order valence-corrected chi connectivity index (χ4v) is 28.2. The molecule has 0 saturated heterocycles. The average molecular weight is 1890 g/mol. The van der Waals surface area contributed by atoms with Crippen molar-refractivity contribution in [2.75, 3.05) is 0 Å². The van der Waals surface area contributed by atoms with Gasteiger partial charge in [0.15, 0.2) is 0 Å². The van der Waals surface area contributed by atoms with E-state index in [1.54, 1.807) is 0 Å². The van der Waals surface area contributed by atoms with Crippen molar-refractivity contribution in [3.05, 3.63) is 510 Å². The highest BCUT2D eigenvalue weighted by molar-refractivity contribution is 7.26. The summed E-state index contributed by atoms with van der Waals surface area (Å²) in [5, 5.41) is 49.9. The van der Waals surface area contributed by atoms with Gasteiger partial charge in [-0.2, -0.15) is 0 Å². The van der Waals surface area contributed by atoms with E-state index in [4.69, 9.17) is 0 Å². The van der Waals surface area contributed by atoms with E-state index >= 15 is 0 Å². The van der Waals surface area contributed by atoms with Gasteiger partial charge in [0.25, 0.3) is 0 Å². The molecule has 0 amide bonds. The number of hydrogen-bond acceptors (Lipinski definition) is 3. The fraction of sp³-hybridized carbons (Fsp3) is 0. The molecule has 0 aliphatic carbocycles. The minimum absolute atomic E-state index is 1.23. The van der Waals surface area contributed by atoms with Crippen LogP contribution in [0, 0.1) is 0 Å². The molecule has 3 heterocycles. The molecule has 0 spiro atoms. The van der Waals surface area contributed by atoms with Crippen molar-refractivity contribution in [1.29, 1.82) is 0 Å². The molecule has 0 radical (unpaired) electrons. The molecule has 0 aliphatic rings. The van der Waals surface area contributed by atoms with E-state index in [0.29, 0.717) is 0 Å². The van der Waals surface area contributed by atoms with Crippen LogP contribution in [-0.2, 0) is 0 Å². The third-order valence-electron chi connectivity index (χ3n) is 31.1. The smallest absolute Gasteiger partial charge is 0.0361 e. The standard InChI is InChI=1S/C50H30S.C48H28S.C44H26S/c1-2-11-31(12-3-1)34-25-27-41-44(29-34)37-13-4-6-15-39(37)50-42-28-26-35(30-45(42)38-14-5-7-16-40(38)49(41)50)32-21-23-33(24-22-32)36-18-10-20-47-48(36)43-17-8-9-19-46(43)51-47;1-4-15-38-33(12-1)34-13-2-5-16-39(34)48-41-27-26-29(28-43(41)36-14-3-6-17-40(36)47(38)48)30-19-9-21-32-31(30)20-10-22-35(32)37-23-11-25-45-46(37)42-18-7-8-24-44(42)49-45;1-4-13-34-31(10-1)32-11-2-5-14-35(32)44-37-25-24-29(26-39(37)33-12-3-6-15-36(33)43(34)44)27-20-22-28(23-21-27)30-17-9-19-41-42(30)38-16-7-8-18-40(38)45-41/h1-30H;1-28H;1-26H. The highest BCUT2D eigenvalue weighted by Gasteiger charge is 2.25. The Hall–Kier alpha value is -17.8. The van der Waals surface area contributed by atoms with Crippen LogP contribution in [0.1, 0.15) is 0 Å². The second kappa shape index (κ2) is 33.4. The van der Waals surface area contributed by atoms with Crippen LogP contribution in [0.3, 0.4) is 0 Å². The highest BCUT2D eigenvalue weighted by Crippen LogP contribution is 2.53. The SMILES string of the molecule is c1ccc(-c2ccc3c(c2)c2ccccc2c2c4ccc(-c5ccc(-c6cccc7sc8ccccc8c67)cc5)cc4c4ccccc4c32)cc1.c1ccc2c(c1)sc1cccc(-c3ccc(-c4ccc5c(c4)c4ccccc4c4c6ccccc6c6ccccc6c54)cc3)c12.c1ccc2c(c1)sc1cccc(-c3cccc4c(-c5ccc6c(c5)c5ccccc5c5c7ccccc7c7ccccc7c65)cccc34)c12. The highest BCUT2D eigenvalue weighted by atomic mass is 32.1. The molecule has 3 heteroatoms. The molecular formula is C142H84S3. The zero-order chi connectivity index (χ0) is 95.0. The predicted molar refractivity (Wildman–Crippen MR) is 636 cm³/mol. The third kappa shape index (κ3) is 13.1. The van der Waals surface area contributed by atoms with Crippen molar-refractivity contribution < 1.29 is 0 Å². The Bertz CT molecular complexity index is 11100. The zero-order valence-electron chi connectivity index (χ0n) is 78.7. The Morgan fingerprint density at radius 1 is 0.0828 bits per heavy atom. The molecule has 0 atom stereocenters. The van der Waals surface area contributed by atoms with E-state index in [0.717, 1.165) is 0 Å². The first-order valence-electron chi connectivity index (χ1n) is 50.1. The molecule has 3 aromatic heterocycles. The molecule has 0 nitrogen and oxygen atoms in total. The minimum Gasteiger partial charge on any atom is -0.135 e. The Balaban J connectivity index is 0.000000101. The topological polar surface area (TPSA) is 0 Å². The Morgan fingerprint density at radius 2 is 0.276 bits per heavy atom. The van der Waals surface area contributed by atoms with Gasteiger partial charge in [-0.3, -0.25) is 0 Å². The van der Waals surface area contributed by atoms with Crippen molar-refractivity contribution in [3.63, 3.8) is 0 Å². The summed E-state index contributed by atoms with van der Waals surface area (Å²) in [6.07, 6.45) is 0. The summed E-state index contributed by atoms with van der Waals surface area (Å²) in [5.41, 5.74) is 17.6. The van der Waals surface area contributed by atoms with E-state index in [1.807, 2.05) is 34.0 Å². The van der Waals surface area contributed by atoms with Crippen LogP contribution in [0.15, 0.2) is 510 Å². The summed E-state index contributed by atoms with van der Waals surface area (Å²) < 4.78 is 8.02. The van der Waals surface area contributed by atoms with Crippen LogP contribution in [0.5, 0.6) is 0 Å². The Morgan fingerprint density at radius 3 is 0.600 bits per heavy atom. The quantitative estimate of drug-likeness (QED) is 0.140. The largest absolute Gasteiger partial charge is 0.135 e. The van der Waals surface area contributed by atoms with Gasteiger partial charge in [-0.1, -0.05) is 449 Å². The summed E-state index contributed by atoms with van der Waals surface area (Å²) >= 11 is 5.63. The van der Waals surface area contributed by atoms with Crippen LogP contribution in [-0.4, -0.2) is 0 Å². The number of thiophene rings is 3. The van der Waals surface area contributed by atoms with Gasteiger partial charge in [0.2, 0.25) is 0 Å². The summed E-state index contributed by atoms with van der Waals surface area (Å²) in [5.74, 6) is 0. The predicted octanol–water partition coefficient (Wildman–Crippen LogP) is 42.3. The molecule has 32 aromatic rings. The summed E-state index contributed by atoms with van der Waals surface area (Å²) in [6.45, 7) is 0. The summed E-state index contributed by atoms with van der Waals surface area (Å²) in [6, 6.07) is 189. The maximum Gasteiger partial charge on any atom is 0.0361 e. The molecule has 670 valence electrons. The average Bonchev–Trinajstić information content (AvgIpc) is 1.60. The lowest BCUT2D eigenvalue weighted by Crippen LogP contribution is -1.90. The van der Waals surface area contributed by atoms with Gasteiger partial charge >= 0.3 is 0 Å². The number of fused-ring (bicyclic) bond motifs is 43. The second-order valence-corrected chi connectivity index (χ2v) is 42.0. The lowest BCUT2D eigenvalue weighted by atomic mass is 9.85. The number of hydrogen-bond donors (Lipinski definition) is 0. The van der Waals surface area contributed by atoms with Crippen LogP contribution in [0.4, 0.5) is 0 Å². The van der Waals surface area contributed by atoms with Gasteiger partial charge in [0.05, 0.1) is 0 Å². The molecule has 0 bridgehead atoms. The van der Waals surface area contributed by atoms with Crippen LogP contribution < -0.4 is 0 Å². The second-order valence-electron chi connectivity index (χ2n) is 38.7. The normalized spacial score (nSPS) is 12.0. The Kier molecular flexibility index (Phi) is 19.2. The van der Waals surface area contributed by atoms with Crippen LogP contribution in [0.25, 0.3) is 311 Å². The summed E-state index contributed by atoms with van der Waals surface area (Å²) in [4.78, 5) is 0. The Labute approximate surface area is 847 Å². The van der Waals surface area contributed by atoms with Crippen molar-refractivity contribution in [1.82, 2.24) is 0 Å². The van der Waals surface area contributed by atoms with Crippen molar-refractivity contribution in [2.24, 2.45) is 0 Å². The van der Waals surface area contributed by atoms with E-state index in [2.05, 4.69) is 510 Å². The van der Waals surface area contributed by atoms with E-state index in [9.17, 15) is 0 Å². The lowest BCUT2D eigenvalue weighted by Gasteiger charge is -2.18. The zero-order valence-corrected chi connectivity index (χ0v) is 81.2. The van der Waals surface area contributed by atoms with E-state index in [-0.39, 0.29) is 0 Å². The van der Waals surface area contributed by atoms with Gasteiger partial charge in [-0.15, -0.1) is 34.0 Å². The molecule has 29 aromatic carbocycles. The minimum atomic E-state index is 1.23. The van der Waals surface area contributed by atoms with Crippen molar-refractivity contribution >= 4 is 267 Å². The molecular weight excluding hydrogens is 1800 g/mol. The van der Waals surface area contributed by atoms with Crippen LogP contribution >= 0.6 is 34.0 Å². The molecule has 32 rings (SSSR count). The molecule has 145 heavy (non-hydrogen) atoms. The van der Waals surface area contributed by atoms with E-state index < -0.39 is 0 Å². The molecule has 0 fully saturated rings. The van der Waals surface area contributed by atoms with E-state index in [1.165, 1.54) is 311 Å². The molecule has 0 aliphatic heterocycles.